The van der Waals surface area contributed by atoms with Gasteiger partial charge in [-0.15, -0.1) is 0 Å². The van der Waals surface area contributed by atoms with E-state index in [0.29, 0.717) is 37.9 Å². The Morgan fingerprint density at radius 1 is 1.07 bits per heavy atom. The largest absolute Gasteiger partial charge is 0.353 e. The van der Waals surface area contributed by atoms with Crippen LogP contribution in [0.25, 0.3) is 0 Å². The van der Waals surface area contributed by atoms with E-state index in [-0.39, 0.29) is 30.2 Å². The third-order valence-corrected chi connectivity index (χ3v) is 6.78. The maximum absolute atomic E-state index is 12.8. The molecule has 2 aliphatic heterocycles. The van der Waals surface area contributed by atoms with Gasteiger partial charge < -0.3 is 10.6 Å². The number of urea groups is 1. The van der Waals surface area contributed by atoms with Crippen LogP contribution in [0.5, 0.6) is 0 Å². The summed E-state index contributed by atoms with van der Waals surface area (Å²) in [5, 5.41) is 6.70. The molecule has 3 N–H and O–H groups in total. The molecule has 9 nitrogen and oxygen atoms in total. The summed E-state index contributed by atoms with van der Waals surface area (Å²) >= 11 is 0. The number of nitrogens with one attached hydrogen (secondary N) is 3. The summed E-state index contributed by atoms with van der Waals surface area (Å²) in [5.74, 6) is -0.0468. The number of carbonyl (C=O) groups is 4. The fourth-order valence-corrected chi connectivity index (χ4v) is 4.58. The molecule has 4 aliphatic rings. The molecule has 2 aliphatic carbocycles. The lowest BCUT2D eigenvalue weighted by Crippen LogP contribution is -2.53. The molecule has 4 fully saturated rings. The Balaban J connectivity index is 1.24. The molecule has 29 heavy (non-hydrogen) atoms. The van der Waals surface area contributed by atoms with Crippen LogP contribution in [0.15, 0.2) is 0 Å². The van der Waals surface area contributed by atoms with Crippen LogP contribution in [0.4, 0.5) is 4.79 Å². The van der Waals surface area contributed by atoms with Crippen molar-refractivity contribution in [1.29, 1.82) is 0 Å². The average molecular weight is 405 g/mol. The van der Waals surface area contributed by atoms with E-state index >= 15 is 0 Å². The topological polar surface area (TPSA) is 111 Å². The van der Waals surface area contributed by atoms with Gasteiger partial charge in [0, 0.05) is 12.0 Å². The number of likely N-dealkylation sites (tertiary alicyclic amines) is 1. The standard InChI is InChI=1S/C20H31N5O4/c1-13-4-8-20(9-5-13)18(28)25(19(29)22-20)23-16(26)12-24-10-6-14(7-11-24)17(27)21-15-2-3-15/h13-15H,2-12H2,1H3,(H,21,27)(H,22,29)(H,23,26). The summed E-state index contributed by atoms with van der Waals surface area (Å²) in [7, 11) is 0. The first kappa shape index (κ1) is 20.1. The number of piperidine rings is 1. The second-order valence-electron chi connectivity index (χ2n) is 9.20. The lowest BCUT2D eigenvalue weighted by molar-refractivity contribution is -0.140. The molecule has 2 saturated carbocycles. The second-order valence-corrected chi connectivity index (χ2v) is 9.20. The molecule has 0 atom stereocenters. The smallest absolute Gasteiger partial charge is 0.344 e. The molecule has 0 bridgehead atoms. The van der Waals surface area contributed by atoms with Gasteiger partial charge in [0.05, 0.1) is 6.54 Å². The Kier molecular flexibility index (Phi) is 5.50. The van der Waals surface area contributed by atoms with Crippen LogP contribution in [-0.2, 0) is 14.4 Å². The molecular weight excluding hydrogens is 374 g/mol. The van der Waals surface area contributed by atoms with Crippen LogP contribution in [0.1, 0.15) is 58.3 Å². The molecule has 9 heteroatoms. The van der Waals surface area contributed by atoms with Gasteiger partial charge >= 0.3 is 6.03 Å². The maximum Gasteiger partial charge on any atom is 0.344 e. The van der Waals surface area contributed by atoms with Crippen molar-refractivity contribution in [3.05, 3.63) is 0 Å². The van der Waals surface area contributed by atoms with E-state index in [1.165, 1.54) is 0 Å². The second kappa shape index (κ2) is 7.93. The first-order valence-corrected chi connectivity index (χ1v) is 10.9. The number of amides is 5. The molecule has 0 unspecified atom stereocenters. The number of hydrogen-bond acceptors (Lipinski definition) is 5. The number of nitrogens with zero attached hydrogens (tertiary/aromatic N) is 2. The van der Waals surface area contributed by atoms with Crippen LogP contribution >= 0.6 is 0 Å². The van der Waals surface area contributed by atoms with Gasteiger partial charge in [-0.25, -0.2) is 4.79 Å². The maximum atomic E-state index is 12.8. The highest BCUT2D eigenvalue weighted by atomic mass is 16.2. The molecule has 2 saturated heterocycles. The molecule has 160 valence electrons. The van der Waals surface area contributed by atoms with Gasteiger partial charge in [0.1, 0.15) is 5.54 Å². The number of hydrogen-bond donors (Lipinski definition) is 3. The van der Waals surface area contributed by atoms with Crippen LogP contribution in [0.3, 0.4) is 0 Å². The molecule has 1 spiro atoms. The summed E-state index contributed by atoms with van der Waals surface area (Å²) in [5.41, 5.74) is 1.63. The van der Waals surface area contributed by atoms with Gasteiger partial charge in [0.25, 0.3) is 11.8 Å². The minimum atomic E-state index is -0.857. The molecule has 5 amide bonds. The fourth-order valence-electron chi connectivity index (χ4n) is 4.58. The lowest BCUT2D eigenvalue weighted by Gasteiger charge is -2.33. The lowest BCUT2D eigenvalue weighted by atomic mass is 9.77. The van der Waals surface area contributed by atoms with Gasteiger partial charge in [-0.3, -0.25) is 24.7 Å². The Morgan fingerprint density at radius 2 is 1.72 bits per heavy atom. The summed E-state index contributed by atoms with van der Waals surface area (Å²) < 4.78 is 0. The normalized spacial score (nSPS) is 31.1. The highest BCUT2D eigenvalue weighted by molar-refractivity contribution is 6.08. The monoisotopic (exact) mass is 405 g/mol. The number of carbonyl (C=O) groups excluding carboxylic acids is 4. The van der Waals surface area contributed by atoms with Crippen molar-refractivity contribution in [2.45, 2.75) is 69.9 Å². The predicted molar refractivity (Wildman–Crippen MR) is 104 cm³/mol. The predicted octanol–water partition coefficient (Wildman–Crippen LogP) is 0.509. The van der Waals surface area contributed by atoms with Gasteiger partial charge in [0.2, 0.25) is 5.91 Å². The van der Waals surface area contributed by atoms with Crippen LogP contribution in [0.2, 0.25) is 0 Å². The summed E-state index contributed by atoms with van der Waals surface area (Å²) in [4.78, 5) is 51.7. The Morgan fingerprint density at radius 3 is 2.34 bits per heavy atom. The van der Waals surface area contributed by atoms with Gasteiger partial charge in [0.15, 0.2) is 0 Å². The highest BCUT2D eigenvalue weighted by Gasteiger charge is 2.52. The summed E-state index contributed by atoms with van der Waals surface area (Å²) in [6.07, 6.45) is 6.59. The van der Waals surface area contributed by atoms with Crippen LogP contribution < -0.4 is 16.1 Å². The molecule has 0 aromatic rings. The van der Waals surface area contributed by atoms with Crippen molar-refractivity contribution in [1.82, 2.24) is 26.0 Å². The first-order valence-electron chi connectivity index (χ1n) is 10.9. The van der Waals surface area contributed by atoms with Crippen LogP contribution in [0, 0.1) is 11.8 Å². The van der Waals surface area contributed by atoms with E-state index in [1.807, 2.05) is 4.90 Å². The van der Waals surface area contributed by atoms with Crippen LogP contribution in [-0.4, -0.2) is 64.9 Å². The van der Waals surface area contributed by atoms with Gasteiger partial charge in [-0.1, -0.05) is 6.92 Å². The van der Waals surface area contributed by atoms with Crippen molar-refractivity contribution >= 4 is 23.8 Å². The van der Waals surface area contributed by atoms with Gasteiger partial charge in [-0.2, -0.15) is 5.01 Å². The average Bonchev–Trinajstić information content (AvgIpc) is 3.48. The summed E-state index contributed by atoms with van der Waals surface area (Å²) in [6.45, 7) is 3.56. The van der Waals surface area contributed by atoms with Crippen molar-refractivity contribution in [2.24, 2.45) is 11.8 Å². The number of imide groups is 1. The molecule has 0 aromatic heterocycles. The number of rotatable bonds is 5. The van der Waals surface area contributed by atoms with Crippen molar-refractivity contribution in [3.63, 3.8) is 0 Å². The Labute approximate surface area is 170 Å². The van der Waals surface area contributed by atoms with E-state index in [2.05, 4.69) is 23.0 Å². The minimum Gasteiger partial charge on any atom is -0.353 e. The molecule has 0 aromatic carbocycles. The van der Waals surface area contributed by atoms with Crippen molar-refractivity contribution in [2.75, 3.05) is 19.6 Å². The SMILES string of the molecule is CC1CCC2(CC1)NC(=O)N(NC(=O)CN1CCC(C(=O)NC3CC3)CC1)C2=O. The van der Waals surface area contributed by atoms with E-state index in [1.54, 1.807) is 0 Å². The van der Waals surface area contributed by atoms with Crippen molar-refractivity contribution < 1.29 is 19.2 Å². The zero-order chi connectivity index (χ0) is 20.6. The third kappa shape index (κ3) is 4.39. The van der Waals surface area contributed by atoms with E-state index in [4.69, 9.17) is 0 Å². The zero-order valence-electron chi connectivity index (χ0n) is 17.0. The van der Waals surface area contributed by atoms with Gasteiger partial charge in [-0.05, 0) is 70.4 Å². The van der Waals surface area contributed by atoms with Crippen molar-refractivity contribution in [3.8, 4) is 0 Å². The number of hydrazine groups is 1. The minimum absolute atomic E-state index is 0.00870. The summed E-state index contributed by atoms with van der Waals surface area (Å²) in [6, 6.07) is -0.181. The Hall–Kier alpha value is -2.16. The quantitative estimate of drug-likeness (QED) is 0.577. The highest BCUT2D eigenvalue weighted by Crippen LogP contribution is 2.35. The third-order valence-electron chi connectivity index (χ3n) is 6.78. The molecular formula is C20H31N5O4. The molecule has 2 heterocycles. The molecule has 0 radical (unpaired) electrons. The van der Waals surface area contributed by atoms with E-state index < -0.39 is 11.6 Å². The first-order chi connectivity index (χ1) is 13.9. The fraction of sp³-hybridized carbons (Fsp3) is 0.800. The Bertz CT molecular complexity index is 691. The van der Waals surface area contributed by atoms with E-state index in [0.717, 1.165) is 43.5 Å². The molecule has 4 rings (SSSR count). The zero-order valence-corrected chi connectivity index (χ0v) is 17.0. The van der Waals surface area contributed by atoms with E-state index in [9.17, 15) is 19.2 Å².